The molecule has 65 heavy (non-hydrogen) atoms. The Bertz CT molecular complexity index is 4090. The molecule has 0 aliphatic carbocycles. The molecule has 0 amide bonds. The van der Waals surface area contributed by atoms with E-state index in [1.807, 2.05) is 24.3 Å². The molecule has 4 heterocycles. The fraction of sp³-hybridized carbons (Fsp3) is 0. The van der Waals surface area contributed by atoms with Gasteiger partial charge in [-0.2, -0.15) is 9.97 Å². The summed E-state index contributed by atoms with van der Waals surface area (Å²) in [6.45, 7) is 0. The summed E-state index contributed by atoms with van der Waals surface area (Å²) in [5, 5.41) is 9.19. The standard InChI is InChI=1S/C59H35N5O/c1-3-16-37(17-4-1)57-60-58(45-25-13-18-36-15-7-8-21-41(36)45)62-59(61-57)64-49-27-11-9-22-42(49)47-33-38(29-31-50(47)64)39-30-32-51-48(34-39)55-46-26-14-24-44-43-23-10-12-28-53(43)65-54(56(44)46)35-52(55)63(51)40-19-5-2-6-20-40/h1-35H. The minimum atomic E-state index is 0.571. The monoisotopic (exact) mass is 829 g/mol. The van der Waals surface area contributed by atoms with Crippen molar-refractivity contribution in [3.05, 3.63) is 212 Å². The van der Waals surface area contributed by atoms with Crippen LogP contribution >= 0.6 is 0 Å². The molecule has 0 N–H and O–H groups in total. The van der Waals surface area contributed by atoms with E-state index in [9.17, 15) is 0 Å². The van der Waals surface area contributed by atoms with E-state index in [1.54, 1.807) is 0 Å². The van der Waals surface area contributed by atoms with Gasteiger partial charge in [-0.05, 0) is 81.4 Å². The maximum atomic E-state index is 6.69. The van der Waals surface area contributed by atoms with Crippen molar-refractivity contribution in [1.29, 1.82) is 0 Å². The number of hydrogen-bond acceptors (Lipinski definition) is 4. The molecule has 0 radical (unpaired) electrons. The first-order chi connectivity index (χ1) is 32.2. The third-order valence-electron chi connectivity index (χ3n) is 13.2. The van der Waals surface area contributed by atoms with Crippen molar-refractivity contribution in [2.75, 3.05) is 0 Å². The Morgan fingerprint density at radius 3 is 1.80 bits per heavy atom. The summed E-state index contributed by atoms with van der Waals surface area (Å²) in [6, 6.07) is 75.0. The highest BCUT2D eigenvalue weighted by Crippen LogP contribution is 2.51. The number of para-hydroxylation sites is 3. The van der Waals surface area contributed by atoms with E-state index >= 15 is 0 Å². The van der Waals surface area contributed by atoms with Gasteiger partial charge in [-0.15, -0.1) is 0 Å². The van der Waals surface area contributed by atoms with Crippen LogP contribution in [-0.4, -0.2) is 24.1 Å². The normalized spacial score (nSPS) is 12.1. The van der Waals surface area contributed by atoms with Crippen LogP contribution in [0, 0.1) is 0 Å². The quantitative estimate of drug-likeness (QED) is 0.173. The molecule has 6 heteroatoms. The van der Waals surface area contributed by atoms with E-state index in [-0.39, 0.29) is 0 Å². The van der Waals surface area contributed by atoms with Crippen LogP contribution in [0.15, 0.2) is 212 Å². The van der Waals surface area contributed by atoms with Gasteiger partial charge in [0, 0.05) is 55.4 Å². The summed E-state index contributed by atoms with van der Waals surface area (Å²) >= 11 is 0. The third-order valence-corrected chi connectivity index (χ3v) is 13.2. The number of hydrogen-bond donors (Lipinski definition) is 0. The Morgan fingerprint density at radius 1 is 0.323 bits per heavy atom. The van der Waals surface area contributed by atoms with Gasteiger partial charge in [-0.25, -0.2) is 4.98 Å². The summed E-state index contributed by atoms with van der Waals surface area (Å²) in [5.41, 5.74) is 11.9. The molecule has 0 unspecified atom stereocenters. The van der Waals surface area contributed by atoms with Crippen molar-refractivity contribution in [3.63, 3.8) is 0 Å². The number of rotatable bonds is 5. The number of benzene rings is 10. The number of nitrogens with zero attached hydrogens (tertiary/aromatic N) is 5. The maximum Gasteiger partial charge on any atom is 0.238 e. The Hall–Kier alpha value is -8.87. The van der Waals surface area contributed by atoms with Gasteiger partial charge in [0.2, 0.25) is 5.95 Å². The highest BCUT2D eigenvalue weighted by molar-refractivity contribution is 6.26. The number of ether oxygens (including phenoxy) is 1. The van der Waals surface area contributed by atoms with Gasteiger partial charge in [0.15, 0.2) is 11.6 Å². The largest absolute Gasteiger partial charge is 0.456 e. The molecule has 13 aromatic rings. The summed E-state index contributed by atoms with van der Waals surface area (Å²) in [4.78, 5) is 15.6. The van der Waals surface area contributed by atoms with Crippen LogP contribution in [0.3, 0.4) is 0 Å². The van der Waals surface area contributed by atoms with Gasteiger partial charge < -0.3 is 9.30 Å². The lowest BCUT2D eigenvalue weighted by atomic mass is 9.92. The number of aromatic nitrogens is 5. The van der Waals surface area contributed by atoms with Crippen LogP contribution in [0.1, 0.15) is 0 Å². The van der Waals surface area contributed by atoms with E-state index in [4.69, 9.17) is 19.7 Å². The molecule has 10 aromatic carbocycles. The molecule has 6 nitrogen and oxygen atoms in total. The zero-order chi connectivity index (χ0) is 42.6. The second-order valence-electron chi connectivity index (χ2n) is 16.8. The Labute approximate surface area is 372 Å². The lowest BCUT2D eigenvalue weighted by molar-refractivity contribution is 0.487. The first kappa shape index (κ1) is 35.7. The van der Waals surface area contributed by atoms with Crippen molar-refractivity contribution in [2.45, 2.75) is 0 Å². The van der Waals surface area contributed by atoms with Gasteiger partial charge >= 0.3 is 0 Å². The second kappa shape index (κ2) is 13.8. The van der Waals surface area contributed by atoms with Crippen LogP contribution < -0.4 is 4.74 Å². The molecule has 0 atom stereocenters. The summed E-state index contributed by atoms with van der Waals surface area (Å²) in [6.07, 6.45) is 0. The summed E-state index contributed by atoms with van der Waals surface area (Å²) < 4.78 is 11.3. The zero-order valence-electron chi connectivity index (χ0n) is 34.9. The highest BCUT2D eigenvalue weighted by Gasteiger charge is 2.25. The molecule has 0 fully saturated rings. The third kappa shape index (κ3) is 5.38. The summed E-state index contributed by atoms with van der Waals surface area (Å²) in [5.74, 6) is 3.58. The molecule has 0 spiro atoms. The predicted molar refractivity (Wildman–Crippen MR) is 265 cm³/mol. The maximum absolute atomic E-state index is 6.69. The van der Waals surface area contributed by atoms with Gasteiger partial charge in [-0.1, -0.05) is 158 Å². The average molecular weight is 830 g/mol. The fourth-order valence-electron chi connectivity index (χ4n) is 10.3. The second-order valence-corrected chi connectivity index (χ2v) is 16.8. The van der Waals surface area contributed by atoms with E-state index in [0.29, 0.717) is 17.6 Å². The van der Waals surface area contributed by atoms with Crippen molar-refractivity contribution in [3.8, 4) is 68.2 Å². The molecule has 302 valence electrons. The Morgan fingerprint density at radius 2 is 0.938 bits per heavy atom. The molecule has 0 bridgehead atoms. The van der Waals surface area contributed by atoms with Crippen molar-refractivity contribution in [2.24, 2.45) is 0 Å². The van der Waals surface area contributed by atoms with Crippen molar-refractivity contribution in [1.82, 2.24) is 24.1 Å². The van der Waals surface area contributed by atoms with Crippen LogP contribution in [0.5, 0.6) is 11.5 Å². The predicted octanol–water partition coefficient (Wildman–Crippen LogP) is 15.1. The first-order valence-electron chi connectivity index (χ1n) is 21.9. The Kier molecular flexibility index (Phi) is 7.59. The lowest BCUT2D eigenvalue weighted by Gasteiger charge is -2.22. The molecule has 14 rings (SSSR count). The molecule has 0 saturated carbocycles. The molecule has 0 saturated heterocycles. The minimum absolute atomic E-state index is 0.571. The highest BCUT2D eigenvalue weighted by atomic mass is 16.5. The van der Waals surface area contributed by atoms with E-state index in [0.717, 1.165) is 94.0 Å². The smallest absolute Gasteiger partial charge is 0.238 e. The van der Waals surface area contributed by atoms with Gasteiger partial charge in [-0.3, -0.25) is 4.57 Å². The Balaban J connectivity index is 0.989. The van der Waals surface area contributed by atoms with Crippen LogP contribution in [-0.2, 0) is 0 Å². The zero-order valence-corrected chi connectivity index (χ0v) is 34.9. The van der Waals surface area contributed by atoms with Gasteiger partial charge in [0.1, 0.15) is 11.5 Å². The van der Waals surface area contributed by atoms with Crippen molar-refractivity contribution < 1.29 is 4.74 Å². The van der Waals surface area contributed by atoms with E-state index < -0.39 is 0 Å². The van der Waals surface area contributed by atoms with Crippen molar-refractivity contribution >= 4 is 65.2 Å². The molecule has 1 aliphatic rings. The van der Waals surface area contributed by atoms with Crippen LogP contribution in [0.4, 0.5) is 0 Å². The summed E-state index contributed by atoms with van der Waals surface area (Å²) in [7, 11) is 0. The topological polar surface area (TPSA) is 57.8 Å². The van der Waals surface area contributed by atoms with E-state index in [1.165, 1.54) is 21.7 Å². The average Bonchev–Trinajstić information content (AvgIpc) is 3.89. The van der Waals surface area contributed by atoms with Gasteiger partial charge in [0.05, 0.1) is 22.1 Å². The SMILES string of the molecule is c1ccc(-c2nc(-c3cccc4ccccc34)nc(-n3c4ccccc4c4cc(-c5ccc6c(c5)c5c7cccc8c7c(cc5n6-c5ccccc5)Oc5ccccc5-8)ccc43)n2)cc1. The molecular formula is C59H35N5O. The molecule has 3 aromatic heterocycles. The van der Waals surface area contributed by atoms with E-state index in [2.05, 4.69) is 197 Å². The lowest BCUT2D eigenvalue weighted by Crippen LogP contribution is -2.06. The first-order valence-corrected chi connectivity index (χ1v) is 21.9. The fourth-order valence-corrected chi connectivity index (χ4v) is 10.3. The van der Waals surface area contributed by atoms with Crippen LogP contribution in [0.2, 0.25) is 0 Å². The van der Waals surface area contributed by atoms with Crippen LogP contribution in [0.25, 0.3) is 122 Å². The van der Waals surface area contributed by atoms with Gasteiger partial charge in [0.25, 0.3) is 0 Å². The molecule has 1 aliphatic heterocycles. The minimum Gasteiger partial charge on any atom is -0.456 e. The molecular weight excluding hydrogens is 795 g/mol. The number of fused-ring (bicyclic) bond motifs is 10.